The van der Waals surface area contributed by atoms with Gasteiger partial charge in [-0.15, -0.1) is 0 Å². The molecule has 0 aliphatic carbocycles. The van der Waals surface area contributed by atoms with Crippen molar-refractivity contribution in [2.45, 2.75) is 12.6 Å². The molecular weight excluding hydrogens is 318 g/mol. The quantitative estimate of drug-likeness (QED) is 0.851. The van der Waals surface area contributed by atoms with Crippen LogP contribution >= 0.6 is 15.9 Å². The summed E-state index contributed by atoms with van der Waals surface area (Å²) in [5.74, 6) is 0.758. The molecule has 2 N–H and O–H groups in total. The van der Waals surface area contributed by atoms with Gasteiger partial charge in [0.25, 0.3) is 0 Å². The van der Waals surface area contributed by atoms with Crippen LogP contribution in [0.5, 0.6) is 5.75 Å². The van der Waals surface area contributed by atoms with Gasteiger partial charge in [0.05, 0.1) is 13.2 Å². The maximum atomic E-state index is 10.1. The van der Waals surface area contributed by atoms with Gasteiger partial charge < -0.3 is 15.2 Å². The van der Waals surface area contributed by atoms with Crippen molar-refractivity contribution in [2.24, 2.45) is 0 Å². The van der Waals surface area contributed by atoms with Gasteiger partial charge in [0.2, 0.25) is 0 Å². The summed E-state index contributed by atoms with van der Waals surface area (Å²) in [6.45, 7) is 1.22. The van der Waals surface area contributed by atoms with Crippen LogP contribution in [-0.2, 0) is 6.54 Å². The van der Waals surface area contributed by atoms with E-state index in [9.17, 15) is 5.11 Å². The highest BCUT2D eigenvalue weighted by Crippen LogP contribution is 2.18. The van der Waals surface area contributed by atoms with Crippen LogP contribution in [-0.4, -0.2) is 18.8 Å². The molecule has 0 amide bonds. The summed E-state index contributed by atoms with van der Waals surface area (Å²) in [6, 6.07) is 15.6. The lowest BCUT2D eigenvalue weighted by Crippen LogP contribution is -2.21. The third-order valence-corrected chi connectivity index (χ3v) is 3.53. The molecule has 0 aliphatic heterocycles. The van der Waals surface area contributed by atoms with E-state index in [0.717, 1.165) is 22.3 Å². The fourth-order valence-corrected chi connectivity index (χ4v) is 2.41. The minimum atomic E-state index is -0.544. The summed E-state index contributed by atoms with van der Waals surface area (Å²) >= 11 is 3.44. The Kier molecular flexibility index (Phi) is 5.59. The summed E-state index contributed by atoms with van der Waals surface area (Å²) in [4.78, 5) is 0. The Morgan fingerprint density at radius 1 is 1.20 bits per heavy atom. The molecule has 20 heavy (non-hydrogen) atoms. The van der Waals surface area contributed by atoms with Gasteiger partial charge in [-0.1, -0.05) is 40.2 Å². The summed E-state index contributed by atoms with van der Waals surface area (Å²) in [6.07, 6.45) is -0.544. The molecule has 0 fully saturated rings. The molecule has 0 bridgehead atoms. The number of halogens is 1. The molecule has 1 unspecified atom stereocenters. The van der Waals surface area contributed by atoms with E-state index < -0.39 is 6.10 Å². The average Bonchev–Trinajstić information content (AvgIpc) is 2.47. The maximum Gasteiger partial charge on any atom is 0.119 e. The minimum absolute atomic E-state index is 0.500. The van der Waals surface area contributed by atoms with Gasteiger partial charge in [0.1, 0.15) is 5.75 Å². The van der Waals surface area contributed by atoms with Crippen LogP contribution in [0.15, 0.2) is 53.0 Å². The smallest absolute Gasteiger partial charge is 0.119 e. The normalized spacial score (nSPS) is 12.2. The lowest BCUT2D eigenvalue weighted by Gasteiger charge is -2.13. The highest BCUT2D eigenvalue weighted by Gasteiger charge is 2.07. The van der Waals surface area contributed by atoms with E-state index >= 15 is 0 Å². The number of aliphatic hydroxyl groups excluding tert-OH is 1. The van der Waals surface area contributed by atoms with E-state index in [4.69, 9.17) is 4.74 Å². The summed E-state index contributed by atoms with van der Waals surface area (Å²) in [5, 5.41) is 13.4. The second-order valence-corrected chi connectivity index (χ2v) is 5.47. The predicted molar refractivity (Wildman–Crippen MR) is 83.8 cm³/mol. The first-order chi connectivity index (χ1) is 9.69. The van der Waals surface area contributed by atoms with Crippen LogP contribution in [0.25, 0.3) is 0 Å². The van der Waals surface area contributed by atoms with Crippen molar-refractivity contribution in [1.29, 1.82) is 0 Å². The monoisotopic (exact) mass is 335 g/mol. The van der Waals surface area contributed by atoms with Crippen molar-refractivity contribution in [3.05, 3.63) is 64.1 Å². The molecule has 3 nitrogen and oxygen atoms in total. The summed E-state index contributed by atoms with van der Waals surface area (Å²) in [7, 11) is 1.62. The molecule has 4 heteroatoms. The second-order valence-electron chi connectivity index (χ2n) is 4.55. The predicted octanol–water partition coefficient (Wildman–Crippen LogP) is 3.28. The number of hydrogen-bond donors (Lipinski definition) is 2. The lowest BCUT2D eigenvalue weighted by molar-refractivity contribution is 0.174. The highest BCUT2D eigenvalue weighted by molar-refractivity contribution is 9.10. The standard InChI is InChI=1S/C16H18BrNO2/c1-20-15-7-3-5-13(9-15)16(19)11-18-10-12-4-2-6-14(17)8-12/h2-9,16,18-19H,10-11H2,1H3. The zero-order valence-corrected chi connectivity index (χ0v) is 12.9. The first-order valence-corrected chi connectivity index (χ1v) is 7.25. The van der Waals surface area contributed by atoms with Crippen LogP contribution in [0.4, 0.5) is 0 Å². The van der Waals surface area contributed by atoms with Crippen LogP contribution in [0, 0.1) is 0 Å². The number of methoxy groups -OCH3 is 1. The van der Waals surface area contributed by atoms with E-state index in [2.05, 4.69) is 33.4 Å². The zero-order valence-electron chi connectivity index (χ0n) is 11.3. The maximum absolute atomic E-state index is 10.1. The van der Waals surface area contributed by atoms with Crippen molar-refractivity contribution >= 4 is 15.9 Å². The molecule has 0 aliphatic rings. The Balaban J connectivity index is 1.87. The van der Waals surface area contributed by atoms with Crippen molar-refractivity contribution in [3.63, 3.8) is 0 Å². The fourth-order valence-electron chi connectivity index (χ4n) is 1.97. The van der Waals surface area contributed by atoms with Crippen LogP contribution in [0.3, 0.4) is 0 Å². The molecule has 0 spiro atoms. The van der Waals surface area contributed by atoms with E-state index in [-0.39, 0.29) is 0 Å². The Morgan fingerprint density at radius 3 is 2.75 bits per heavy atom. The third-order valence-electron chi connectivity index (χ3n) is 3.03. The molecule has 106 valence electrons. The number of rotatable bonds is 6. The number of benzene rings is 2. The van der Waals surface area contributed by atoms with E-state index in [1.807, 2.05) is 36.4 Å². The zero-order chi connectivity index (χ0) is 14.4. The molecule has 0 radical (unpaired) electrons. The SMILES string of the molecule is COc1cccc(C(O)CNCc2cccc(Br)c2)c1. The van der Waals surface area contributed by atoms with Gasteiger partial charge in [-0.2, -0.15) is 0 Å². The third kappa shape index (κ3) is 4.34. The van der Waals surface area contributed by atoms with E-state index in [0.29, 0.717) is 6.54 Å². The minimum Gasteiger partial charge on any atom is -0.497 e. The van der Waals surface area contributed by atoms with Gasteiger partial charge in [0, 0.05) is 17.6 Å². The summed E-state index contributed by atoms with van der Waals surface area (Å²) in [5.41, 5.74) is 2.03. The van der Waals surface area contributed by atoms with Crippen LogP contribution in [0.2, 0.25) is 0 Å². The van der Waals surface area contributed by atoms with Gasteiger partial charge in [-0.25, -0.2) is 0 Å². The molecule has 0 saturated carbocycles. The largest absolute Gasteiger partial charge is 0.497 e. The summed E-state index contributed by atoms with van der Waals surface area (Å²) < 4.78 is 6.22. The Morgan fingerprint density at radius 2 is 2.00 bits per heavy atom. The molecular formula is C16H18BrNO2. The van der Waals surface area contributed by atoms with Crippen molar-refractivity contribution < 1.29 is 9.84 Å². The molecule has 2 aromatic carbocycles. The topological polar surface area (TPSA) is 41.5 Å². The Labute approximate surface area is 127 Å². The van der Waals surface area contributed by atoms with Crippen LogP contribution < -0.4 is 10.1 Å². The van der Waals surface area contributed by atoms with Gasteiger partial charge in [-0.05, 0) is 35.4 Å². The molecule has 2 rings (SSSR count). The number of nitrogens with one attached hydrogen (secondary N) is 1. The van der Waals surface area contributed by atoms with E-state index in [1.54, 1.807) is 7.11 Å². The first-order valence-electron chi connectivity index (χ1n) is 6.46. The van der Waals surface area contributed by atoms with Gasteiger partial charge >= 0.3 is 0 Å². The van der Waals surface area contributed by atoms with Crippen LogP contribution in [0.1, 0.15) is 17.2 Å². The van der Waals surface area contributed by atoms with Crippen molar-refractivity contribution in [2.75, 3.05) is 13.7 Å². The molecule has 0 heterocycles. The number of aliphatic hydroxyl groups is 1. The van der Waals surface area contributed by atoms with Crippen molar-refractivity contribution in [1.82, 2.24) is 5.32 Å². The molecule has 1 atom stereocenters. The lowest BCUT2D eigenvalue weighted by atomic mass is 10.1. The number of hydrogen-bond acceptors (Lipinski definition) is 3. The van der Waals surface area contributed by atoms with Crippen molar-refractivity contribution in [3.8, 4) is 5.75 Å². The van der Waals surface area contributed by atoms with E-state index in [1.165, 1.54) is 5.56 Å². The number of ether oxygens (including phenoxy) is 1. The van der Waals surface area contributed by atoms with Gasteiger partial charge in [0.15, 0.2) is 0 Å². The Bertz CT molecular complexity index is 560. The molecule has 0 aromatic heterocycles. The highest BCUT2D eigenvalue weighted by atomic mass is 79.9. The Hall–Kier alpha value is -1.36. The molecule has 2 aromatic rings. The first kappa shape index (κ1) is 15.0. The van der Waals surface area contributed by atoms with Gasteiger partial charge in [-0.3, -0.25) is 0 Å². The average molecular weight is 336 g/mol. The fraction of sp³-hybridized carbons (Fsp3) is 0.250. The second kappa shape index (κ2) is 7.43. The molecule has 0 saturated heterocycles.